The smallest absolute Gasteiger partial charge is 0.405 e. The summed E-state index contributed by atoms with van der Waals surface area (Å²) in [5.41, 5.74) is 3.77. The number of carbonyl (C=O) groups is 1. The summed E-state index contributed by atoms with van der Waals surface area (Å²) in [4.78, 5) is 24.2. The number of carbonyl (C=O) groups excluding carboxylic acids is 1. The third-order valence-electron chi connectivity index (χ3n) is 5.54. The number of ether oxygens (including phenoxy) is 1. The fourth-order valence-corrected chi connectivity index (χ4v) is 3.72. The van der Waals surface area contributed by atoms with Crippen molar-refractivity contribution in [2.75, 3.05) is 11.9 Å². The number of rotatable bonds is 9. The summed E-state index contributed by atoms with van der Waals surface area (Å²) in [7, 11) is 0. The molecule has 36 heavy (non-hydrogen) atoms. The molecule has 4 rings (SSSR count). The molecule has 1 amide bonds. The Morgan fingerprint density at radius 3 is 2.61 bits per heavy atom. The van der Waals surface area contributed by atoms with Crippen LogP contribution in [0.15, 0.2) is 67.3 Å². The van der Waals surface area contributed by atoms with Crippen LogP contribution in [0.25, 0.3) is 22.2 Å². The summed E-state index contributed by atoms with van der Waals surface area (Å²) in [5.74, 6) is -0.386. The number of nitrogens with one attached hydrogen (secondary N) is 3. The molecule has 1 atom stereocenters. The van der Waals surface area contributed by atoms with Crippen LogP contribution in [0, 0.1) is 5.92 Å². The first-order chi connectivity index (χ1) is 17.2. The van der Waals surface area contributed by atoms with Gasteiger partial charge in [0.25, 0.3) is 0 Å². The SMILES string of the molecule is CC(C)C(Nc1cncc(-c2c[nH]c3ncc(OCc4ccccc4)cc23)c1)C(=O)NCC(F)(F)F. The van der Waals surface area contributed by atoms with Crippen molar-refractivity contribution in [1.29, 1.82) is 0 Å². The Kier molecular flexibility index (Phi) is 7.42. The molecule has 0 aliphatic rings. The number of anilines is 1. The molecule has 0 bridgehead atoms. The highest BCUT2D eigenvalue weighted by atomic mass is 19.4. The van der Waals surface area contributed by atoms with E-state index in [1.165, 1.54) is 6.20 Å². The Bertz CT molecular complexity index is 1320. The summed E-state index contributed by atoms with van der Waals surface area (Å²) in [6.45, 7) is 2.53. The Morgan fingerprint density at radius 1 is 1.11 bits per heavy atom. The van der Waals surface area contributed by atoms with Crippen LogP contribution in [0.4, 0.5) is 18.9 Å². The van der Waals surface area contributed by atoms with E-state index in [2.05, 4.69) is 20.3 Å². The molecule has 0 saturated heterocycles. The molecule has 3 N–H and O–H groups in total. The molecule has 0 radical (unpaired) electrons. The van der Waals surface area contributed by atoms with Crippen LogP contribution in [0.5, 0.6) is 5.75 Å². The Balaban J connectivity index is 1.53. The number of aromatic amines is 1. The predicted molar refractivity (Wildman–Crippen MR) is 131 cm³/mol. The van der Waals surface area contributed by atoms with Gasteiger partial charge in [0.15, 0.2) is 0 Å². The quantitative estimate of drug-likeness (QED) is 0.291. The third kappa shape index (κ3) is 6.32. The summed E-state index contributed by atoms with van der Waals surface area (Å²) >= 11 is 0. The number of benzene rings is 1. The molecule has 188 valence electrons. The van der Waals surface area contributed by atoms with Gasteiger partial charge in [-0.3, -0.25) is 9.78 Å². The molecule has 0 aliphatic carbocycles. The van der Waals surface area contributed by atoms with Crippen LogP contribution in [0.3, 0.4) is 0 Å². The van der Waals surface area contributed by atoms with Crippen molar-refractivity contribution in [3.8, 4) is 16.9 Å². The van der Waals surface area contributed by atoms with Gasteiger partial charge in [0.1, 0.15) is 30.6 Å². The molecule has 4 aromatic rings. The minimum absolute atomic E-state index is 0.261. The first-order valence-corrected chi connectivity index (χ1v) is 11.4. The monoisotopic (exact) mass is 497 g/mol. The minimum Gasteiger partial charge on any atom is -0.487 e. The zero-order valence-corrected chi connectivity index (χ0v) is 19.8. The molecule has 10 heteroatoms. The summed E-state index contributed by atoms with van der Waals surface area (Å²) in [6.07, 6.45) is 2.16. The van der Waals surface area contributed by atoms with Gasteiger partial charge in [-0.15, -0.1) is 0 Å². The fourth-order valence-electron chi connectivity index (χ4n) is 3.72. The lowest BCUT2D eigenvalue weighted by molar-refractivity contribution is -0.139. The van der Waals surface area contributed by atoms with Gasteiger partial charge in [0.05, 0.1) is 11.9 Å². The van der Waals surface area contributed by atoms with E-state index in [9.17, 15) is 18.0 Å². The molecule has 3 heterocycles. The first-order valence-electron chi connectivity index (χ1n) is 11.4. The van der Waals surface area contributed by atoms with Crippen LogP contribution in [-0.4, -0.2) is 39.6 Å². The zero-order chi connectivity index (χ0) is 25.7. The number of H-pyrrole nitrogens is 1. The van der Waals surface area contributed by atoms with Crippen molar-refractivity contribution >= 4 is 22.6 Å². The van der Waals surface area contributed by atoms with Gasteiger partial charge in [0.2, 0.25) is 5.91 Å². The number of hydrogen-bond donors (Lipinski definition) is 3. The van der Waals surface area contributed by atoms with Gasteiger partial charge < -0.3 is 20.4 Å². The summed E-state index contributed by atoms with van der Waals surface area (Å²) in [5, 5.41) is 5.79. The molecular weight excluding hydrogens is 471 g/mol. The maximum atomic E-state index is 12.5. The topological polar surface area (TPSA) is 91.9 Å². The normalized spacial score (nSPS) is 12.5. The molecular formula is C26H26F3N5O2. The Morgan fingerprint density at radius 2 is 1.89 bits per heavy atom. The molecule has 0 fully saturated rings. The number of pyridine rings is 2. The molecule has 0 spiro atoms. The fraction of sp³-hybridized carbons (Fsp3) is 0.269. The average molecular weight is 498 g/mol. The molecule has 0 saturated carbocycles. The van der Waals surface area contributed by atoms with Crippen molar-refractivity contribution in [1.82, 2.24) is 20.3 Å². The molecule has 1 aromatic carbocycles. The number of alkyl halides is 3. The van der Waals surface area contributed by atoms with E-state index in [1.54, 1.807) is 38.5 Å². The highest BCUT2D eigenvalue weighted by Crippen LogP contribution is 2.31. The standard InChI is InChI=1S/C26H26F3N5O2/c1-16(2)23(25(35)33-15-26(27,28)29)34-19-8-18(10-30-11-19)22-13-32-24-21(22)9-20(12-31-24)36-14-17-6-4-3-5-7-17/h3-13,16,23,34H,14-15H2,1-2H3,(H,31,32)(H,33,35). The van der Waals surface area contributed by atoms with E-state index in [4.69, 9.17) is 4.74 Å². The van der Waals surface area contributed by atoms with E-state index >= 15 is 0 Å². The van der Waals surface area contributed by atoms with E-state index < -0.39 is 24.7 Å². The van der Waals surface area contributed by atoms with Crippen LogP contribution in [0.2, 0.25) is 0 Å². The molecule has 0 aliphatic heterocycles. The van der Waals surface area contributed by atoms with Gasteiger partial charge >= 0.3 is 6.18 Å². The molecule has 3 aromatic heterocycles. The lowest BCUT2D eigenvalue weighted by Crippen LogP contribution is -2.46. The zero-order valence-electron chi connectivity index (χ0n) is 19.8. The van der Waals surface area contributed by atoms with E-state index in [0.717, 1.165) is 22.1 Å². The number of fused-ring (bicyclic) bond motifs is 1. The van der Waals surface area contributed by atoms with Gasteiger partial charge in [-0.05, 0) is 23.6 Å². The van der Waals surface area contributed by atoms with E-state index in [-0.39, 0.29) is 5.92 Å². The number of nitrogens with zero attached hydrogens (tertiary/aromatic N) is 2. The lowest BCUT2D eigenvalue weighted by Gasteiger charge is -2.23. The van der Waals surface area contributed by atoms with Crippen LogP contribution >= 0.6 is 0 Å². The van der Waals surface area contributed by atoms with Crippen molar-refractivity contribution < 1.29 is 22.7 Å². The predicted octanol–water partition coefficient (Wildman–Crippen LogP) is 5.32. The number of hydrogen-bond acceptors (Lipinski definition) is 5. The second-order valence-corrected chi connectivity index (χ2v) is 8.71. The highest BCUT2D eigenvalue weighted by molar-refractivity contribution is 5.94. The summed E-state index contributed by atoms with van der Waals surface area (Å²) in [6, 6.07) is 12.6. The van der Waals surface area contributed by atoms with Gasteiger partial charge in [0, 0.05) is 35.1 Å². The van der Waals surface area contributed by atoms with E-state index in [0.29, 0.717) is 23.7 Å². The van der Waals surface area contributed by atoms with Gasteiger partial charge in [-0.2, -0.15) is 13.2 Å². The van der Waals surface area contributed by atoms with Crippen molar-refractivity contribution in [3.63, 3.8) is 0 Å². The number of halogens is 3. The third-order valence-corrected chi connectivity index (χ3v) is 5.54. The lowest BCUT2D eigenvalue weighted by atomic mass is 10.0. The number of aromatic nitrogens is 3. The Labute approximate surface area is 206 Å². The summed E-state index contributed by atoms with van der Waals surface area (Å²) < 4.78 is 43.5. The largest absolute Gasteiger partial charge is 0.487 e. The highest BCUT2D eigenvalue weighted by Gasteiger charge is 2.30. The number of amides is 1. The van der Waals surface area contributed by atoms with Gasteiger partial charge in [-0.25, -0.2) is 4.98 Å². The van der Waals surface area contributed by atoms with Crippen molar-refractivity contribution in [3.05, 3.63) is 72.8 Å². The van der Waals surface area contributed by atoms with Crippen molar-refractivity contribution in [2.45, 2.75) is 32.7 Å². The second kappa shape index (κ2) is 10.7. The second-order valence-electron chi connectivity index (χ2n) is 8.71. The average Bonchev–Trinajstić information content (AvgIpc) is 3.28. The van der Waals surface area contributed by atoms with Crippen LogP contribution < -0.4 is 15.4 Å². The minimum atomic E-state index is -4.48. The maximum Gasteiger partial charge on any atom is 0.405 e. The van der Waals surface area contributed by atoms with Crippen LogP contribution in [-0.2, 0) is 11.4 Å². The van der Waals surface area contributed by atoms with Crippen molar-refractivity contribution in [2.24, 2.45) is 5.92 Å². The molecule has 7 nitrogen and oxygen atoms in total. The first kappa shape index (κ1) is 25.0. The van der Waals surface area contributed by atoms with Crippen LogP contribution in [0.1, 0.15) is 19.4 Å². The Hall–Kier alpha value is -4.08. The van der Waals surface area contributed by atoms with Gasteiger partial charge in [-0.1, -0.05) is 44.2 Å². The van der Waals surface area contributed by atoms with E-state index in [1.807, 2.05) is 41.7 Å². The maximum absolute atomic E-state index is 12.5. The molecule has 1 unspecified atom stereocenters.